The summed E-state index contributed by atoms with van der Waals surface area (Å²) in [5.41, 5.74) is 1.98. The number of anilines is 1. The summed E-state index contributed by atoms with van der Waals surface area (Å²) in [6, 6.07) is 12.2. The summed E-state index contributed by atoms with van der Waals surface area (Å²) in [5, 5.41) is 7.73. The number of fused-ring (bicyclic) bond motifs is 1. The number of aromatic nitrogens is 3. The van der Waals surface area contributed by atoms with Gasteiger partial charge in [-0.3, -0.25) is 0 Å². The average Bonchev–Trinajstić information content (AvgIpc) is 2.83. The normalized spacial score (nSPS) is 12.6. The second-order valence-electron chi connectivity index (χ2n) is 4.48. The molecule has 0 aliphatic carbocycles. The molecule has 4 nitrogen and oxygen atoms in total. The molecular weight excluding hydrogens is 384 g/mol. The molecule has 0 spiro atoms. The number of nitrogens with zero attached hydrogens (tertiary/aromatic N) is 3. The Morgan fingerprint density at radius 1 is 1.20 bits per heavy atom. The van der Waals surface area contributed by atoms with Gasteiger partial charge >= 0.3 is 0 Å². The fourth-order valence-electron chi connectivity index (χ4n) is 1.99. The number of hydrogen-bond acceptors (Lipinski definition) is 3. The van der Waals surface area contributed by atoms with E-state index in [-0.39, 0.29) is 6.04 Å². The largest absolute Gasteiger partial charge is 0.346 e. The Labute approximate surface area is 133 Å². The van der Waals surface area contributed by atoms with Crippen LogP contribution in [0.4, 0.5) is 5.95 Å². The smallest absolute Gasteiger partial charge is 0.243 e. The lowest BCUT2D eigenvalue weighted by Gasteiger charge is -2.12. The van der Waals surface area contributed by atoms with E-state index in [1.807, 2.05) is 30.5 Å². The molecular formula is C14H12Br2N4. The van der Waals surface area contributed by atoms with Crippen LogP contribution in [-0.2, 0) is 0 Å². The summed E-state index contributed by atoms with van der Waals surface area (Å²) in [5.74, 6) is 0.615. The number of halogens is 2. The predicted octanol–water partition coefficient (Wildman–Crippen LogP) is 4.43. The molecule has 0 bridgehead atoms. The fraction of sp³-hybridized carbons (Fsp3) is 0.143. The highest BCUT2D eigenvalue weighted by Crippen LogP contribution is 2.22. The van der Waals surface area contributed by atoms with Crippen molar-refractivity contribution in [3.63, 3.8) is 0 Å². The van der Waals surface area contributed by atoms with E-state index >= 15 is 0 Å². The number of hydrogen-bond donors (Lipinski definition) is 1. The molecule has 3 aromatic rings. The summed E-state index contributed by atoms with van der Waals surface area (Å²) in [6.07, 6.45) is 1.88. The first-order valence-corrected chi connectivity index (χ1v) is 7.75. The number of pyridine rings is 1. The Morgan fingerprint density at radius 2 is 2.05 bits per heavy atom. The van der Waals surface area contributed by atoms with E-state index in [2.05, 4.69) is 66.3 Å². The van der Waals surface area contributed by atoms with E-state index in [1.54, 1.807) is 4.52 Å². The first-order chi connectivity index (χ1) is 9.63. The quantitative estimate of drug-likeness (QED) is 0.713. The van der Waals surface area contributed by atoms with Crippen LogP contribution >= 0.6 is 31.9 Å². The fourth-order valence-corrected chi connectivity index (χ4v) is 2.83. The van der Waals surface area contributed by atoms with Crippen LogP contribution in [0.25, 0.3) is 5.65 Å². The van der Waals surface area contributed by atoms with Crippen LogP contribution in [0.1, 0.15) is 18.5 Å². The van der Waals surface area contributed by atoms with Gasteiger partial charge in [-0.15, -0.1) is 5.10 Å². The van der Waals surface area contributed by atoms with Gasteiger partial charge in [-0.25, -0.2) is 4.52 Å². The van der Waals surface area contributed by atoms with Gasteiger partial charge < -0.3 is 5.32 Å². The molecule has 1 atom stereocenters. The van der Waals surface area contributed by atoms with Crippen LogP contribution in [0.15, 0.2) is 51.5 Å². The Bertz CT molecular complexity index is 754. The Kier molecular flexibility index (Phi) is 3.76. The molecule has 6 heteroatoms. The van der Waals surface area contributed by atoms with Crippen molar-refractivity contribution in [2.24, 2.45) is 0 Å². The van der Waals surface area contributed by atoms with Crippen LogP contribution in [0, 0.1) is 0 Å². The minimum atomic E-state index is 0.128. The van der Waals surface area contributed by atoms with Gasteiger partial charge in [0.15, 0.2) is 5.65 Å². The van der Waals surface area contributed by atoms with Gasteiger partial charge in [0.05, 0.1) is 10.5 Å². The monoisotopic (exact) mass is 394 g/mol. The minimum absolute atomic E-state index is 0.128. The molecule has 102 valence electrons. The van der Waals surface area contributed by atoms with Crippen molar-refractivity contribution < 1.29 is 0 Å². The second kappa shape index (κ2) is 5.54. The molecule has 0 radical (unpaired) electrons. The second-order valence-corrected chi connectivity index (χ2v) is 6.25. The molecule has 0 aliphatic rings. The maximum atomic E-state index is 4.48. The van der Waals surface area contributed by atoms with E-state index in [9.17, 15) is 0 Å². The van der Waals surface area contributed by atoms with Gasteiger partial charge in [-0.2, -0.15) is 4.98 Å². The molecule has 0 aliphatic heterocycles. The van der Waals surface area contributed by atoms with Crippen molar-refractivity contribution in [1.29, 1.82) is 0 Å². The highest BCUT2D eigenvalue weighted by Gasteiger charge is 2.10. The summed E-state index contributed by atoms with van der Waals surface area (Å²) >= 11 is 6.96. The maximum Gasteiger partial charge on any atom is 0.243 e. The third-order valence-electron chi connectivity index (χ3n) is 3.01. The zero-order chi connectivity index (χ0) is 14.1. The van der Waals surface area contributed by atoms with Crippen molar-refractivity contribution >= 4 is 43.5 Å². The van der Waals surface area contributed by atoms with Crippen molar-refractivity contribution in [3.05, 3.63) is 57.1 Å². The standard InChI is InChI=1S/C14H12Br2N4/c1-9(10-4-2-5-11(15)8-10)17-14-18-13-12(16)6-3-7-20(13)19-14/h2-9H,1H3,(H,17,19). The zero-order valence-corrected chi connectivity index (χ0v) is 13.9. The van der Waals surface area contributed by atoms with Gasteiger partial charge in [-0.05, 0) is 52.7 Å². The van der Waals surface area contributed by atoms with Crippen molar-refractivity contribution in [2.75, 3.05) is 5.32 Å². The number of benzene rings is 1. The van der Waals surface area contributed by atoms with Gasteiger partial charge in [0.1, 0.15) is 0 Å². The van der Waals surface area contributed by atoms with E-state index in [0.717, 1.165) is 14.6 Å². The first-order valence-electron chi connectivity index (χ1n) is 6.16. The molecule has 0 fully saturated rings. The van der Waals surface area contributed by atoms with Gasteiger partial charge in [0.2, 0.25) is 5.95 Å². The van der Waals surface area contributed by atoms with Crippen molar-refractivity contribution in [1.82, 2.24) is 14.6 Å². The van der Waals surface area contributed by atoms with Crippen LogP contribution in [0.5, 0.6) is 0 Å². The molecule has 0 amide bonds. The maximum absolute atomic E-state index is 4.48. The summed E-state index contributed by atoms with van der Waals surface area (Å²) in [7, 11) is 0. The molecule has 2 aromatic heterocycles. The van der Waals surface area contributed by atoms with Gasteiger partial charge in [0, 0.05) is 10.7 Å². The minimum Gasteiger partial charge on any atom is -0.346 e. The van der Waals surface area contributed by atoms with E-state index < -0.39 is 0 Å². The molecule has 3 rings (SSSR count). The molecule has 20 heavy (non-hydrogen) atoms. The molecule has 1 aromatic carbocycles. The Hall–Kier alpha value is -1.40. The van der Waals surface area contributed by atoms with Gasteiger partial charge in [-0.1, -0.05) is 28.1 Å². The lowest BCUT2D eigenvalue weighted by Crippen LogP contribution is -2.07. The number of rotatable bonds is 3. The zero-order valence-electron chi connectivity index (χ0n) is 10.7. The number of nitrogens with one attached hydrogen (secondary N) is 1. The van der Waals surface area contributed by atoms with E-state index in [4.69, 9.17) is 0 Å². The lowest BCUT2D eigenvalue weighted by molar-refractivity contribution is 0.852. The van der Waals surface area contributed by atoms with Crippen LogP contribution in [0.2, 0.25) is 0 Å². The lowest BCUT2D eigenvalue weighted by atomic mass is 10.1. The molecule has 2 heterocycles. The molecule has 1 N–H and O–H groups in total. The van der Waals surface area contributed by atoms with Crippen LogP contribution in [0.3, 0.4) is 0 Å². The summed E-state index contributed by atoms with van der Waals surface area (Å²) < 4.78 is 3.74. The summed E-state index contributed by atoms with van der Waals surface area (Å²) in [6.45, 7) is 2.09. The SMILES string of the molecule is CC(Nc1nc2c(Br)cccn2n1)c1cccc(Br)c1. The molecule has 1 unspecified atom stereocenters. The highest BCUT2D eigenvalue weighted by molar-refractivity contribution is 9.10. The highest BCUT2D eigenvalue weighted by atomic mass is 79.9. The molecule has 0 saturated carbocycles. The van der Waals surface area contributed by atoms with E-state index in [1.165, 1.54) is 5.56 Å². The summed E-state index contributed by atoms with van der Waals surface area (Å²) in [4.78, 5) is 4.48. The van der Waals surface area contributed by atoms with E-state index in [0.29, 0.717) is 5.95 Å². The van der Waals surface area contributed by atoms with Crippen molar-refractivity contribution in [2.45, 2.75) is 13.0 Å². The average molecular weight is 396 g/mol. The van der Waals surface area contributed by atoms with Crippen LogP contribution in [-0.4, -0.2) is 14.6 Å². The predicted molar refractivity (Wildman–Crippen MR) is 86.9 cm³/mol. The third-order valence-corrected chi connectivity index (χ3v) is 4.12. The van der Waals surface area contributed by atoms with Crippen LogP contribution < -0.4 is 5.32 Å². The molecule has 0 saturated heterocycles. The van der Waals surface area contributed by atoms with Crippen molar-refractivity contribution in [3.8, 4) is 0 Å². The van der Waals surface area contributed by atoms with Gasteiger partial charge in [0.25, 0.3) is 0 Å². The Morgan fingerprint density at radius 3 is 2.80 bits per heavy atom. The third kappa shape index (κ3) is 2.71. The first kappa shape index (κ1) is 13.6. The Balaban J connectivity index is 1.87. The topological polar surface area (TPSA) is 42.2 Å².